The highest BCUT2D eigenvalue weighted by Crippen LogP contribution is 2.39. The van der Waals surface area contributed by atoms with E-state index in [9.17, 15) is 4.79 Å². The molecule has 0 bridgehead atoms. The van der Waals surface area contributed by atoms with Crippen LogP contribution in [0.25, 0.3) is 0 Å². The van der Waals surface area contributed by atoms with Gasteiger partial charge in [-0.1, -0.05) is 18.9 Å². The van der Waals surface area contributed by atoms with Crippen molar-refractivity contribution >= 4 is 34.6 Å². The van der Waals surface area contributed by atoms with E-state index < -0.39 is 0 Å². The molecule has 4 rings (SSSR count). The first-order valence-electron chi connectivity index (χ1n) is 9.20. The number of nitrogens with zero attached hydrogens (tertiary/aromatic N) is 1. The fraction of sp³-hybridized carbons (Fsp3) is 0.400. The number of rotatable bonds is 4. The zero-order chi connectivity index (χ0) is 18.0. The van der Waals surface area contributed by atoms with Crippen LogP contribution in [0.15, 0.2) is 47.1 Å². The maximum Gasteiger partial charge on any atom is 0.227 e. The number of anilines is 2. The SMILES string of the molecule is O=C1CCCN1c1cccc(NC(=S)NC2(c3ccco3)CCCC2)c1. The molecule has 136 valence electrons. The summed E-state index contributed by atoms with van der Waals surface area (Å²) in [6.07, 6.45) is 7.58. The number of hydrogen-bond donors (Lipinski definition) is 2. The zero-order valence-electron chi connectivity index (χ0n) is 14.7. The highest BCUT2D eigenvalue weighted by molar-refractivity contribution is 7.80. The van der Waals surface area contributed by atoms with Gasteiger partial charge in [0.1, 0.15) is 5.76 Å². The third-order valence-corrected chi connectivity index (χ3v) is 5.50. The highest BCUT2D eigenvalue weighted by Gasteiger charge is 2.38. The number of nitrogens with one attached hydrogen (secondary N) is 2. The van der Waals surface area contributed by atoms with Crippen molar-refractivity contribution < 1.29 is 9.21 Å². The Kier molecular flexibility index (Phi) is 4.68. The minimum atomic E-state index is -0.226. The Bertz CT molecular complexity index is 797. The molecule has 2 aliphatic rings. The van der Waals surface area contributed by atoms with Crippen LogP contribution >= 0.6 is 12.2 Å². The molecule has 0 atom stereocenters. The predicted molar refractivity (Wildman–Crippen MR) is 106 cm³/mol. The summed E-state index contributed by atoms with van der Waals surface area (Å²) in [5.41, 5.74) is 1.57. The van der Waals surface area contributed by atoms with Crippen LogP contribution in [0, 0.1) is 0 Å². The Morgan fingerprint density at radius 3 is 2.69 bits per heavy atom. The molecule has 2 heterocycles. The lowest BCUT2D eigenvalue weighted by Crippen LogP contribution is -2.45. The lowest BCUT2D eigenvalue weighted by Gasteiger charge is -2.30. The molecule has 1 saturated carbocycles. The first kappa shape index (κ1) is 17.1. The van der Waals surface area contributed by atoms with Gasteiger partial charge in [0.25, 0.3) is 0 Å². The molecule has 0 unspecified atom stereocenters. The molecule has 1 aromatic heterocycles. The lowest BCUT2D eigenvalue weighted by atomic mass is 9.94. The summed E-state index contributed by atoms with van der Waals surface area (Å²) in [6.45, 7) is 0.784. The summed E-state index contributed by atoms with van der Waals surface area (Å²) < 4.78 is 5.68. The van der Waals surface area contributed by atoms with Crippen molar-refractivity contribution in [3.63, 3.8) is 0 Å². The minimum Gasteiger partial charge on any atom is -0.467 e. The van der Waals surface area contributed by atoms with Gasteiger partial charge in [-0.05, 0) is 61.8 Å². The number of carbonyl (C=O) groups excluding carboxylic acids is 1. The van der Waals surface area contributed by atoms with E-state index in [0.717, 1.165) is 55.8 Å². The number of amides is 1. The zero-order valence-corrected chi connectivity index (χ0v) is 15.5. The van der Waals surface area contributed by atoms with Crippen molar-refractivity contribution in [2.24, 2.45) is 0 Å². The second-order valence-corrected chi connectivity index (χ2v) is 7.45. The second kappa shape index (κ2) is 7.11. The molecule has 1 amide bonds. The largest absolute Gasteiger partial charge is 0.467 e. The van der Waals surface area contributed by atoms with Crippen molar-refractivity contribution in [1.82, 2.24) is 5.32 Å². The normalized spacial score (nSPS) is 18.9. The molecule has 1 aliphatic heterocycles. The number of thiocarbonyl (C=S) groups is 1. The van der Waals surface area contributed by atoms with Crippen LogP contribution in [-0.4, -0.2) is 17.6 Å². The number of hydrogen-bond acceptors (Lipinski definition) is 3. The molecule has 6 heteroatoms. The van der Waals surface area contributed by atoms with Gasteiger partial charge in [-0.15, -0.1) is 0 Å². The van der Waals surface area contributed by atoms with Gasteiger partial charge in [-0.2, -0.15) is 0 Å². The van der Waals surface area contributed by atoms with E-state index in [1.807, 2.05) is 41.3 Å². The third kappa shape index (κ3) is 3.33. The Morgan fingerprint density at radius 2 is 2.00 bits per heavy atom. The van der Waals surface area contributed by atoms with Gasteiger partial charge in [-0.3, -0.25) is 4.79 Å². The van der Waals surface area contributed by atoms with E-state index in [1.54, 1.807) is 6.26 Å². The minimum absolute atomic E-state index is 0.186. The van der Waals surface area contributed by atoms with Gasteiger partial charge in [-0.25, -0.2) is 0 Å². The average molecular weight is 369 g/mol. The Morgan fingerprint density at radius 1 is 1.15 bits per heavy atom. The number of benzene rings is 1. The number of carbonyl (C=O) groups is 1. The van der Waals surface area contributed by atoms with Crippen LogP contribution < -0.4 is 15.5 Å². The van der Waals surface area contributed by atoms with Crippen LogP contribution in [-0.2, 0) is 10.3 Å². The number of furan rings is 1. The summed E-state index contributed by atoms with van der Waals surface area (Å²) in [5.74, 6) is 1.13. The molecule has 26 heavy (non-hydrogen) atoms. The summed E-state index contributed by atoms with van der Waals surface area (Å²) in [6, 6.07) is 11.8. The molecule has 2 N–H and O–H groups in total. The van der Waals surface area contributed by atoms with Crippen molar-refractivity contribution in [2.75, 3.05) is 16.8 Å². The standard InChI is InChI=1S/C20H23N3O2S/c24-18-9-4-12-23(18)16-7-3-6-15(14-16)21-19(26)22-20(10-1-2-11-20)17-8-5-13-25-17/h3,5-8,13-14H,1-2,4,9-12H2,(H2,21,22,26). The van der Waals surface area contributed by atoms with Crippen molar-refractivity contribution in [1.29, 1.82) is 0 Å². The van der Waals surface area contributed by atoms with E-state index in [1.165, 1.54) is 0 Å². The van der Waals surface area contributed by atoms with Gasteiger partial charge in [0.15, 0.2) is 5.11 Å². The van der Waals surface area contributed by atoms with Crippen LogP contribution in [0.5, 0.6) is 0 Å². The second-order valence-electron chi connectivity index (χ2n) is 7.04. The molecule has 0 spiro atoms. The van der Waals surface area contributed by atoms with E-state index in [4.69, 9.17) is 16.6 Å². The molecule has 1 aliphatic carbocycles. The summed E-state index contributed by atoms with van der Waals surface area (Å²) in [7, 11) is 0. The van der Waals surface area contributed by atoms with Crippen LogP contribution in [0.2, 0.25) is 0 Å². The van der Waals surface area contributed by atoms with Crippen molar-refractivity contribution in [3.8, 4) is 0 Å². The summed E-state index contributed by atoms with van der Waals surface area (Å²) >= 11 is 5.58. The topological polar surface area (TPSA) is 57.5 Å². The molecule has 2 aromatic rings. The average Bonchev–Trinajstić information content (AvgIpc) is 3.36. The van der Waals surface area contributed by atoms with Crippen LogP contribution in [0.1, 0.15) is 44.3 Å². The van der Waals surface area contributed by atoms with E-state index >= 15 is 0 Å². The molecular formula is C20H23N3O2S. The lowest BCUT2D eigenvalue weighted by molar-refractivity contribution is -0.117. The quantitative estimate of drug-likeness (QED) is 0.793. The van der Waals surface area contributed by atoms with Crippen molar-refractivity contribution in [3.05, 3.63) is 48.4 Å². The molecule has 1 saturated heterocycles. The fourth-order valence-electron chi connectivity index (χ4n) is 4.01. The van der Waals surface area contributed by atoms with Gasteiger partial charge in [0, 0.05) is 24.3 Å². The first-order chi connectivity index (χ1) is 12.7. The maximum atomic E-state index is 12.0. The van der Waals surface area contributed by atoms with Crippen LogP contribution in [0.4, 0.5) is 11.4 Å². The fourth-order valence-corrected chi connectivity index (χ4v) is 4.33. The van der Waals surface area contributed by atoms with Gasteiger partial charge < -0.3 is 20.0 Å². The van der Waals surface area contributed by atoms with Gasteiger partial charge in [0.2, 0.25) is 5.91 Å². The first-order valence-corrected chi connectivity index (χ1v) is 9.61. The van der Waals surface area contributed by atoms with Crippen molar-refractivity contribution in [2.45, 2.75) is 44.1 Å². The molecule has 0 radical (unpaired) electrons. The summed E-state index contributed by atoms with van der Waals surface area (Å²) in [5, 5.41) is 7.34. The molecule has 1 aromatic carbocycles. The van der Waals surface area contributed by atoms with E-state index in [2.05, 4.69) is 10.6 Å². The predicted octanol–water partition coefficient (Wildman–Crippen LogP) is 4.16. The maximum absolute atomic E-state index is 12.0. The molecule has 5 nitrogen and oxygen atoms in total. The highest BCUT2D eigenvalue weighted by atomic mass is 32.1. The van der Waals surface area contributed by atoms with Gasteiger partial charge >= 0.3 is 0 Å². The Labute approximate surface area is 158 Å². The third-order valence-electron chi connectivity index (χ3n) is 5.29. The summed E-state index contributed by atoms with van der Waals surface area (Å²) in [4.78, 5) is 13.8. The van der Waals surface area contributed by atoms with Crippen LogP contribution in [0.3, 0.4) is 0 Å². The molecule has 2 fully saturated rings. The smallest absolute Gasteiger partial charge is 0.227 e. The van der Waals surface area contributed by atoms with E-state index in [0.29, 0.717) is 11.5 Å². The van der Waals surface area contributed by atoms with Gasteiger partial charge in [0.05, 0.1) is 11.8 Å². The van der Waals surface area contributed by atoms with E-state index in [-0.39, 0.29) is 11.4 Å². The Hall–Kier alpha value is -2.34. The monoisotopic (exact) mass is 369 g/mol. The molecular weight excluding hydrogens is 346 g/mol. The Balaban J connectivity index is 1.47.